The van der Waals surface area contributed by atoms with Crippen LogP contribution in [0.2, 0.25) is 0 Å². The summed E-state index contributed by atoms with van der Waals surface area (Å²) in [5, 5.41) is 0. The summed E-state index contributed by atoms with van der Waals surface area (Å²) in [4.78, 5) is 24.7. The van der Waals surface area contributed by atoms with Crippen molar-refractivity contribution in [3.63, 3.8) is 0 Å². The van der Waals surface area contributed by atoms with Crippen molar-refractivity contribution >= 4 is 17.8 Å². The minimum Gasteiger partial charge on any atom is -0.464 e. The molecular formula is C9H13F2NO4. The van der Waals surface area contributed by atoms with E-state index in [0.717, 1.165) is 7.11 Å². The average Bonchev–Trinajstić information content (AvgIpc) is 2.09. The Labute approximate surface area is 91.4 Å². The molecule has 0 heterocycles. The minimum absolute atomic E-state index is 0.871. The summed E-state index contributed by atoms with van der Waals surface area (Å²) >= 11 is 0. The Kier molecular flexibility index (Phi) is 5.00. The normalized spacial score (nSPS) is 12.6. The average molecular weight is 237 g/mol. The quantitative estimate of drug-likeness (QED) is 0.542. The van der Waals surface area contributed by atoms with Crippen LogP contribution in [-0.2, 0) is 14.3 Å². The number of esters is 1. The second-order valence-corrected chi connectivity index (χ2v) is 3.77. The summed E-state index contributed by atoms with van der Waals surface area (Å²) in [7, 11) is 0.912. The van der Waals surface area contributed by atoms with Gasteiger partial charge in [0.25, 0.3) is 6.43 Å². The molecule has 0 fully saturated rings. The number of alkyl halides is 2. The van der Waals surface area contributed by atoms with Gasteiger partial charge in [0.1, 0.15) is 5.60 Å². The first-order valence-electron chi connectivity index (χ1n) is 4.35. The second-order valence-electron chi connectivity index (χ2n) is 3.77. The summed E-state index contributed by atoms with van der Waals surface area (Å²) in [6.45, 7) is 4.63. The lowest BCUT2D eigenvalue weighted by Crippen LogP contribution is -2.28. The van der Waals surface area contributed by atoms with Gasteiger partial charge in [0, 0.05) is 0 Å². The Morgan fingerprint density at radius 3 is 2.06 bits per heavy atom. The molecule has 0 N–H and O–H groups in total. The van der Waals surface area contributed by atoms with E-state index in [-0.39, 0.29) is 0 Å². The standard InChI is InChI=1S/C9H13F2NO4/c1-9(2,3)16-8(14)12-5(6(10)11)7(13)15-4/h6H,1-4H3/b12-5+. The Morgan fingerprint density at radius 2 is 1.75 bits per heavy atom. The van der Waals surface area contributed by atoms with Gasteiger partial charge in [-0.25, -0.2) is 18.4 Å². The molecule has 0 aliphatic carbocycles. The van der Waals surface area contributed by atoms with Crippen molar-refractivity contribution in [2.45, 2.75) is 32.8 Å². The van der Waals surface area contributed by atoms with Gasteiger partial charge in [-0.05, 0) is 20.8 Å². The van der Waals surface area contributed by atoms with E-state index < -0.39 is 29.8 Å². The first-order chi connectivity index (χ1) is 7.17. The largest absolute Gasteiger partial charge is 0.464 e. The Morgan fingerprint density at radius 1 is 1.25 bits per heavy atom. The fourth-order valence-electron chi connectivity index (χ4n) is 0.671. The van der Waals surface area contributed by atoms with Crippen LogP contribution in [0.5, 0.6) is 0 Å². The lowest BCUT2D eigenvalue weighted by atomic mass is 10.2. The number of nitrogens with zero attached hydrogens (tertiary/aromatic N) is 1. The monoisotopic (exact) mass is 237 g/mol. The fraction of sp³-hybridized carbons (Fsp3) is 0.667. The zero-order valence-electron chi connectivity index (χ0n) is 9.41. The molecule has 0 atom stereocenters. The third-order valence-corrected chi connectivity index (χ3v) is 1.21. The van der Waals surface area contributed by atoms with E-state index in [0.29, 0.717) is 0 Å². The van der Waals surface area contributed by atoms with Crippen molar-refractivity contribution in [2.75, 3.05) is 7.11 Å². The van der Waals surface area contributed by atoms with Gasteiger partial charge in [0.15, 0.2) is 5.71 Å². The number of hydrogen-bond acceptors (Lipinski definition) is 4. The number of hydrogen-bond donors (Lipinski definition) is 0. The van der Waals surface area contributed by atoms with Gasteiger partial charge in [-0.15, -0.1) is 0 Å². The molecule has 0 saturated carbocycles. The number of rotatable bonds is 2. The summed E-state index contributed by atoms with van der Waals surface area (Å²) in [5.41, 5.74) is -2.14. The lowest BCUT2D eigenvalue weighted by Gasteiger charge is -2.17. The van der Waals surface area contributed by atoms with Crippen molar-refractivity contribution in [1.29, 1.82) is 0 Å². The van der Waals surface area contributed by atoms with Crippen LogP contribution in [0, 0.1) is 0 Å². The summed E-state index contributed by atoms with van der Waals surface area (Å²) < 4.78 is 33.3. The molecular weight excluding hydrogens is 224 g/mol. The molecule has 0 rings (SSSR count). The summed E-state index contributed by atoms with van der Waals surface area (Å²) in [6.07, 6.45) is -4.45. The molecule has 92 valence electrons. The second kappa shape index (κ2) is 5.53. The molecule has 0 radical (unpaired) electrons. The third-order valence-electron chi connectivity index (χ3n) is 1.21. The molecule has 5 nitrogen and oxygen atoms in total. The SMILES string of the molecule is COC(=O)/C(=N/C(=O)OC(C)(C)C)C(F)F. The smallest absolute Gasteiger partial charge is 0.434 e. The van der Waals surface area contributed by atoms with E-state index in [4.69, 9.17) is 0 Å². The van der Waals surface area contributed by atoms with Crippen molar-refractivity contribution < 1.29 is 27.8 Å². The first kappa shape index (κ1) is 14.5. The van der Waals surface area contributed by atoms with Gasteiger partial charge in [0.2, 0.25) is 0 Å². The third kappa shape index (κ3) is 5.38. The molecule has 0 unspecified atom stereocenters. The van der Waals surface area contributed by atoms with Crippen molar-refractivity contribution in [3.05, 3.63) is 0 Å². The van der Waals surface area contributed by atoms with Gasteiger partial charge in [0.05, 0.1) is 7.11 Å². The molecule has 0 aliphatic heterocycles. The molecule has 0 aromatic rings. The van der Waals surface area contributed by atoms with Crippen molar-refractivity contribution in [1.82, 2.24) is 0 Å². The van der Waals surface area contributed by atoms with Gasteiger partial charge in [-0.1, -0.05) is 0 Å². The highest BCUT2D eigenvalue weighted by atomic mass is 19.3. The fourth-order valence-corrected chi connectivity index (χ4v) is 0.671. The maximum absolute atomic E-state index is 12.3. The molecule has 7 heteroatoms. The van der Waals surface area contributed by atoms with Crippen LogP contribution in [-0.4, -0.2) is 36.9 Å². The molecule has 0 aromatic carbocycles. The zero-order chi connectivity index (χ0) is 12.9. The number of amides is 1. The van der Waals surface area contributed by atoms with Crippen LogP contribution < -0.4 is 0 Å². The first-order valence-corrected chi connectivity index (χ1v) is 4.35. The highest BCUT2D eigenvalue weighted by Gasteiger charge is 2.26. The Hall–Kier alpha value is -1.53. The van der Waals surface area contributed by atoms with Crippen LogP contribution >= 0.6 is 0 Å². The van der Waals surface area contributed by atoms with Gasteiger partial charge in [-0.3, -0.25) is 0 Å². The van der Waals surface area contributed by atoms with E-state index >= 15 is 0 Å². The van der Waals surface area contributed by atoms with Crippen LogP contribution in [0.1, 0.15) is 20.8 Å². The molecule has 16 heavy (non-hydrogen) atoms. The number of methoxy groups -OCH3 is 1. The molecule has 0 spiro atoms. The van der Waals surface area contributed by atoms with E-state index in [1.165, 1.54) is 0 Å². The molecule has 0 saturated heterocycles. The van der Waals surface area contributed by atoms with Crippen LogP contribution in [0.25, 0.3) is 0 Å². The topological polar surface area (TPSA) is 65.0 Å². The number of aliphatic imine (C=N–C) groups is 1. The predicted molar refractivity (Wildman–Crippen MR) is 51.7 cm³/mol. The number of ether oxygens (including phenoxy) is 2. The molecule has 0 bridgehead atoms. The lowest BCUT2D eigenvalue weighted by molar-refractivity contribution is -0.133. The number of halogens is 2. The molecule has 0 aromatic heterocycles. The Balaban J connectivity index is 4.81. The van der Waals surface area contributed by atoms with Crippen LogP contribution in [0.3, 0.4) is 0 Å². The number of carbonyl (C=O) groups excluding carboxylic acids is 2. The zero-order valence-corrected chi connectivity index (χ0v) is 9.41. The summed E-state index contributed by atoms with van der Waals surface area (Å²) in [6, 6.07) is 0. The van der Waals surface area contributed by atoms with Gasteiger partial charge in [-0.2, -0.15) is 4.99 Å². The number of carbonyl (C=O) groups is 2. The van der Waals surface area contributed by atoms with Crippen LogP contribution in [0.4, 0.5) is 13.6 Å². The maximum atomic E-state index is 12.3. The summed E-state index contributed by atoms with van der Waals surface area (Å²) in [5.74, 6) is -1.36. The highest BCUT2D eigenvalue weighted by Crippen LogP contribution is 2.09. The van der Waals surface area contributed by atoms with Crippen LogP contribution in [0.15, 0.2) is 4.99 Å². The molecule has 0 aliphatic rings. The van der Waals surface area contributed by atoms with E-state index in [1.54, 1.807) is 20.8 Å². The van der Waals surface area contributed by atoms with Crippen molar-refractivity contribution in [3.8, 4) is 0 Å². The Bertz CT molecular complexity index is 307. The van der Waals surface area contributed by atoms with E-state index in [9.17, 15) is 18.4 Å². The minimum atomic E-state index is -3.19. The predicted octanol–water partition coefficient (Wildman–Crippen LogP) is 1.80. The highest BCUT2D eigenvalue weighted by molar-refractivity contribution is 6.39. The van der Waals surface area contributed by atoms with Crippen molar-refractivity contribution in [2.24, 2.45) is 4.99 Å². The van der Waals surface area contributed by atoms with Gasteiger partial charge < -0.3 is 9.47 Å². The van der Waals surface area contributed by atoms with E-state index in [1.807, 2.05) is 0 Å². The molecule has 1 amide bonds. The van der Waals surface area contributed by atoms with Gasteiger partial charge >= 0.3 is 12.1 Å². The van der Waals surface area contributed by atoms with E-state index in [2.05, 4.69) is 14.5 Å². The maximum Gasteiger partial charge on any atom is 0.434 e.